The minimum absolute atomic E-state index is 0.0518. The van der Waals surface area contributed by atoms with Gasteiger partial charge >= 0.3 is 0 Å². The Hall–Kier alpha value is -1.66. The van der Waals surface area contributed by atoms with Crippen molar-refractivity contribution in [2.45, 2.75) is 86.3 Å². The van der Waals surface area contributed by atoms with Crippen molar-refractivity contribution in [3.05, 3.63) is 0 Å². The van der Waals surface area contributed by atoms with Crippen LogP contribution in [0, 0.1) is 0 Å². The lowest BCUT2D eigenvalue weighted by Gasteiger charge is -2.45. The van der Waals surface area contributed by atoms with Crippen LogP contribution in [-0.4, -0.2) is 112 Å². The molecular formula is C18H38N8O7. The lowest BCUT2D eigenvalue weighted by Crippen LogP contribution is -2.67. The molecule has 17 N–H and O–H groups in total. The van der Waals surface area contributed by atoms with E-state index in [9.17, 15) is 25.2 Å². The average Bonchev–Trinajstić information content (AvgIpc) is 2.76. The summed E-state index contributed by atoms with van der Waals surface area (Å²) >= 11 is 0. The molecule has 1 aliphatic heterocycles. The Bertz CT molecular complexity index is 670. The van der Waals surface area contributed by atoms with Crippen molar-refractivity contribution in [1.29, 1.82) is 0 Å². The van der Waals surface area contributed by atoms with Crippen LogP contribution >= 0.6 is 0 Å². The summed E-state index contributed by atoms with van der Waals surface area (Å²) in [5, 5.41) is 43.5. The summed E-state index contributed by atoms with van der Waals surface area (Å²) in [6.45, 7) is 0.129. The van der Waals surface area contributed by atoms with Crippen LogP contribution in [0.25, 0.3) is 0 Å². The number of ether oxygens (including phenoxy) is 2. The number of amides is 1. The predicted molar refractivity (Wildman–Crippen MR) is 117 cm³/mol. The molecule has 15 nitrogen and oxygen atoms in total. The fourth-order valence-electron chi connectivity index (χ4n) is 3.85. The molecule has 2 fully saturated rings. The van der Waals surface area contributed by atoms with E-state index in [1.165, 1.54) is 0 Å². The second-order valence-corrected chi connectivity index (χ2v) is 8.55. The molecule has 0 aromatic rings. The Labute approximate surface area is 191 Å². The number of nitrogens with one attached hydrogen (secondary N) is 1. The highest BCUT2D eigenvalue weighted by atomic mass is 16.7. The molecule has 1 saturated heterocycles. The number of carbonyl (C=O) groups excluding carboxylic acids is 1. The number of rotatable bonds is 9. The maximum Gasteiger partial charge on any atom is 0.237 e. The Morgan fingerprint density at radius 2 is 1.73 bits per heavy atom. The highest BCUT2D eigenvalue weighted by Gasteiger charge is 2.48. The lowest BCUT2D eigenvalue weighted by atomic mass is 9.84. The molecule has 0 aromatic carbocycles. The van der Waals surface area contributed by atoms with E-state index in [0.29, 0.717) is 19.4 Å². The Balaban J connectivity index is 1.93. The number of aliphatic hydroxyl groups is 4. The predicted octanol–water partition coefficient (Wildman–Crippen LogP) is -6.58. The van der Waals surface area contributed by atoms with Gasteiger partial charge in [-0.25, -0.2) is 0 Å². The molecule has 0 aromatic heterocycles. The first-order valence-electron chi connectivity index (χ1n) is 10.8. The van der Waals surface area contributed by atoms with E-state index in [1.54, 1.807) is 0 Å². The third-order valence-corrected chi connectivity index (χ3v) is 5.91. The largest absolute Gasteiger partial charge is 0.389 e. The van der Waals surface area contributed by atoms with Gasteiger partial charge in [0.15, 0.2) is 12.2 Å². The third kappa shape index (κ3) is 7.16. The van der Waals surface area contributed by atoms with E-state index in [0.717, 1.165) is 0 Å². The summed E-state index contributed by atoms with van der Waals surface area (Å²) in [6.07, 6.45) is -8.03. The monoisotopic (exact) mass is 478 g/mol. The van der Waals surface area contributed by atoms with Gasteiger partial charge in [-0.1, -0.05) is 0 Å². The van der Waals surface area contributed by atoms with Gasteiger partial charge in [-0.15, -0.1) is 0 Å². The van der Waals surface area contributed by atoms with Crippen LogP contribution in [0.5, 0.6) is 0 Å². The van der Waals surface area contributed by atoms with Crippen molar-refractivity contribution in [3.8, 4) is 0 Å². The minimum atomic E-state index is -1.46. The van der Waals surface area contributed by atoms with Gasteiger partial charge < -0.3 is 69.6 Å². The van der Waals surface area contributed by atoms with Gasteiger partial charge in [-0.2, -0.15) is 0 Å². The van der Waals surface area contributed by atoms with Gasteiger partial charge in [0.2, 0.25) is 5.91 Å². The summed E-state index contributed by atoms with van der Waals surface area (Å²) < 4.78 is 11.4. The van der Waals surface area contributed by atoms with E-state index < -0.39 is 73.0 Å². The molecule has 1 amide bonds. The molecule has 1 heterocycles. The molecule has 0 bridgehead atoms. The van der Waals surface area contributed by atoms with Crippen molar-refractivity contribution in [3.63, 3.8) is 0 Å². The van der Waals surface area contributed by atoms with Gasteiger partial charge in [-0.05, 0) is 19.3 Å². The first kappa shape index (κ1) is 27.6. The number of aliphatic imine (C=N–C) groups is 1. The highest BCUT2D eigenvalue weighted by Crippen LogP contribution is 2.27. The standard InChI is InChI=1S/C18H38N8O7/c19-6(2-1-3-25-18(23)24)16(31)26-5-9-12(28)13(29)10(22)17(32-9)33-15-8(21)4-7(20)11(27)14(15)30/h6-15,17,27-30H,1-5,19-22H2,(H,26,31)(H4,23,24,25)/t6-,7?,8?,9+,10+,11?,12+,13+,14?,15?,17+/m0/s1. The van der Waals surface area contributed by atoms with Crippen LogP contribution in [0.1, 0.15) is 19.3 Å². The molecule has 192 valence electrons. The van der Waals surface area contributed by atoms with Crippen molar-refractivity contribution in [2.75, 3.05) is 13.1 Å². The van der Waals surface area contributed by atoms with E-state index in [1.807, 2.05) is 0 Å². The smallest absolute Gasteiger partial charge is 0.237 e. The van der Waals surface area contributed by atoms with Gasteiger partial charge in [0.05, 0.1) is 18.2 Å². The third-order valence-electron chi connectivity index (χ3n) is 5.91. The van der Waals surface area contributed by atoms with Crippen LogP contribution in [0.15, 0.2) is 4.99 Å². The topological polar surface area (TPSA) is 297 Å². The van der Waals surface area contributed by atoms with Crippen molar-refractivity contribution >= 4 is 11.9 Å². The zero-order valence-electron chi connectivity index (χ0n) is 18.3. The number of nitrogens with two attached hydrogens (primary N) is 6. The molecule has 0 spiro atoms. The summed E-state index contributed by atoms with van der Waals surface area (Å²) in [4.78, 5) is 16.1. The van der Waals surface area contributed by atoms with E-state index >= 15 is 0 Å². The molecule has 2 rings (SSSR count). The van der Waals surface area contributed by atoms with E-state index in [2.05, 4.69) is 10.3 Å². The summed E-state index contributed by atoms with van der Waals surface area (Å²) in [5.41, 5.74) is 34.0. The van der Waals surface area contributed by atoms with Crippen LogP contribution < -0.4 is 39.7 Å². The number of nitrogens with zero attached hydrogens (tertiary/aromatic N) is 1. The molecule has 33 heavy (non-hydrogen) atoms. The Morgan fingerprint density at radius 1 is 1.06 bits per heavy atom. The van der Waals surface area contributed by atoms with Crippen LogP contribution in [0.4, 0.5) is 0 Å². The van der Waals surface area contributed by atoms with Crippen LogP contribution in [-0.2, 0) is 14.3 Å². The fourth-order valence-corrected chi connectivity index (χ4v) is 3.85. The second-order valence-electron chi connectivity index (χ2n) is 8.55. The van der Waals surface area contributed by atoms with Crippen molar-refractivity contribution in [1.82, 2.24) is 5.32 Å². The first-order valence-corrected chi connectivity index (χ1v) is 10.8. The maximum atomic E-state index is 12.3. The zero-order chi connectivity index (χ0) is 24.9. The molecule has 11 atom stereocenters. The molecular weight excluding hydrogens is 440 g/mol. The van der Waals surface area contributed by atoms with Crippen molar-refractivity contribution in [2.24, 2.45) is 39.4 Å². The molecule has 0 radical (unpaired) electrons. The Kier molecular flexibility index (Phi) is 10.2. The average molecular weight is 479 g/mol. The Morgan fingerprint density at radius 3 is 2.36 bits per heavy atom. The molecule has 5 unspecified atom stereocenters. The van der Waals surface area contributed by atoms with Gasteiger partial charge in [0.1, 0.15) is 30.5 Å². The molecule has 2 aliphatic rings. The minimum Gasteiger partial charge on any atom is -0.389 e. The second kappa shape index (κ2) is 12.2. The number of aliphatic hydroxyl groups excluding tert-OH is 4. The number of hydrogen-bond donors (Lipinski definition) is 11. The molecule has 15 heteroatoms. The fraction of sp³-hybridized carbons (Fsp3) is 0.889. The van der Waals surface area contributed by atoms with Crippen LogP contribution in [0.3, 0.4) is 0 Å². The number of carbonyl (C=O) groups is 1. The van der Waals surface area contributed by atoms with Gasteiger partial charge in [0.25, 0.3) is 0 Å². The summed E-state index contributed by atoms with van der Waals surface area (Å²) in [6, 6.07) is -3.49. The molecule has 1 saturated carbocycles. The highest BCUT2D eigenvalue weighted by molar-refractivity contribution is 5.81. The lowest BCUT2D eigenvalue weighted by molar-refractivity contribution is -0.288. The zero-order valence-corrected chi connectivity index (χ0v) is 18.3. The normalized spacial score (nSPS) is 40.1. The molecule has 1 aliphatic carbocycles. The quantitative estimate of drug-likeness (QED) is 0.0835. The van der Waals surface area contributed by atoms with E-state index in [4.69, 9.17) is 43.9 Å². The summed E-state index contributed by atoms with van der Waals surface area (Å²) in [5.74, 6) is -0.553. The van der Waals surface area contributed by atoms with Gasteiger partial charge in [0, 0.05) is 25.2 Å². The van der Waals surface area contributed by atoms with Crippen molar-refractivity contribution < 1.29 is 34.7 Å². The first-order chi connectivity index (χ1) is 15.4. The summed E-state index contributed by atoms with van der Waals surface area (Å²) in [7, 11) is 0. The number of hydrogen-bond acceptors (Lipinski definition) is 12. The number of guanidine groups is 1. The SMILES string of the molecule is NC(N)=NCCC[C@H](N)C(=O)NC[C@H]1O[C@H](OC2C(N)CC(N)C(O)C2O)[C@H](N)[C@@H](O)[C@@H]1O. The maximum absolute atomic E-state index is 12.3. The van der Waals surface area contributed by atoms with E-state index in [-0.39, 0.29) is 18.9 Å². The van der Waals surface area contributed by atoms with Gasteiger partial charge in [-0.3, -0.25) is 9.79 Å². The van der Waals surface area contributed by atoms with Crippen LogP contribution in [0.2, 0.25) is 0 Å².